The highest BCUT2D eigenvalue weighted by Crippen LogP contribution is 2.17. The van der Waals surface area contributed by atoms with Crippen LogP contribution in [0.1, 0.15) is 34.8 Å². The largest absolute Gasteiger partial charge is 0.491 e. The first-order valence-electron chi connectivity index (χ1n) is 8.95. The number of hydrogen-bond acceptors (Lipinski definition) is 5. The maximum atomic E-state index is 12.5. The van der Waals surface area contributed by atoms with Gasteiger partial charge in [0.2, 0.25) is 0 Å². The number of anilines is 1. The number of amides is 2. The second kappa shape index (κ2) is 8.64. The van der Waals surface area contributed by atoms with Crippen LogP contribution in [0.25, 0.3) is 0 Å². The molecular formula is C20H23N3O4. The SMILES string of the molecule is CC(C)Oc1ccc(NC(=O)c2cccc(C(=O)N3CCOCC3)n2)cc1. The lowest BCUT2D eigenvalue weighted by Gasteiger charge is -2.26. The number of rotatable bonds is 5. The zero-order valence-electron chi connectivity index (χ0n) is 15.5. The van der Waals surface area contributed by atoms with Crippen molar-refractivity contribution in [1.82, 2.24) is 9.88 Å². The molecule has 1 aromatic heterocycles. The minimum Gasteiger partial charge on any atom is -0.491 e. The van der Waals surface area contributed by atoms with Crippen LogP contribution in [0.3, 0.4) is 0 Å². The molecule has 2 amide bonds. The Hall–Kier alpha value is -2.93. The summed E-state index contributed by atoms with van der Waals surface area (Å²) in [5.74, 6) is 0.173. The molecule has 2 aromatic rings. The van der Waals surface area contributed by atoms with E-state index in [1.165, 1.54) is 0 Å². The van der Waals surface area contributed by atoms with Crippen LogP contribution in [0.2, 0.25) is 0 Å². The van der Waals surface area contributed by atoms with Gasteiger partial charge in [0.15, 0.2) is 0 Å². The molecule has 0 aliphatic carbocycles. The number of ether oxygens (including phenoxy) is 2. The van der Waals surface area contributed by atoms with Gasteiger partial charge in [0, 0.05) is 18.8 Å². The third kappa shape index (κ3) is 5.04. The quantitative estimate of drug-likeness (QED) is 0.876. The number of hydrogen-bond donors (Lipinski definition) is 1. The Morgan fingerprint density at radius 1 is 1.07 bits per heavy atom. The van der Waals surface area contributed by atoms with Crippen molar-refractivity contribution in [1.29, 1.82) is 0 Å². The number of aromatic nitrogens is 1. The van der Waals surface area contributed by atoms with Gasteiger partial charge in [-0.2, -0.15) is 0 Å². The molecule has 1 saturated heterocycles. The van der Waals surface area contributed by atoms with E-state index in [4.69, 9.17) is 9.47 Å². The highest BCUT2D eigenvalue weighted by molar-refractivity contribution is 6.03. The van der Waals surface area contributed by atoms with Crippen molar-refractivity contribution in [3.8, 4) is 5.75 Å². The first-order chi connectivity index (χ1) is 13.0. The van der Waals surface area contributed by atoms with Crippen LogP contribution in [0.15, 0.2) is 42.5 Å². The molecule has 7 nitrogen and oxygen atoms in total. The van der Waals surface area contributed by atoms with E-state index in [1.807, 2.05) is 13.8 Å². The molecule has 1 aliphatic heterocycles. The van der Waals surface area contributed by atoms with Crippen molar-refractivity contribution in [2.45, 2.75) is 20.0 Å². The molecule has 142 valence electrons. The highest BCUT2D eigenvalue weighted by Gasteiger charge is 2.20. The van der Waals surface area contributed by atoms with Gasteiger partial charge in [-0.3, -0.25) is 9.59 Å². The predicted molar refractivity (Wildman–Crippen MR) is 101 cm³/mol. The van der Waals surface area contributed by atoms with E-state index in [0.717, 1.165) is 5.75 Å². The van der Waals surface area contributed by atoms with E-state index in [1.54, 1.807) is 47.4 Å². The average Bonchev–Trinajstić information content (AvgIpc) is 2.69. The van der Waals surface area contributed by atoms with E-state index >= 15 is 0 Å². The molecule has 0 radical (unpaired) electrons. The topological polar surface area (TPSA) is 80.8 Å². The lowest BCUT2D eigenvalue weighted by molar-refractivity contribution is 0.0299. The van der Waals surface area contributed by atoms with E-state index in [-0.39, 0.29) is 29.3 Å². The Morgan fingerprint density at radius 3 is 2.41 bits per heavy atom. The molecular weight excluding hydrogens is 346 g/mol. The first-order valence-corrected chi connectivity index (χ1v) is 8.95. The number of benzene rings is 1. The third-order valence-electron chi connectivity index (χ3n) is 3.98. The van der Waals surface area contributed by atoms with Crippen LogP contribution in [0, 0.1) is 0 Å². The van der Waals surface area contributed by atoms with Gasteiger partial charge >= 0.3 is 0 Å². The van der Waals surface area contributed by atoms with Crippen molar-refractivity contribution in [2.24, 2.45) is 0 Å². The summed E-state index contributed by atoms with van der Waals surface area (Å²) >= 11 is 0. The van der Waals surface area contributed by atoms with E-state index in [2.05, 4.69) is 10.3 Å². The molecule has 1 fully saturated rings. The molecule has 3 rings (SSSR count). The molecule has 1 N–H and O–H groups in total. The van der Waals surface area contributed by atoms with Crippen LogP contribution in [0.5, 0.6) is 5.75 Å². The Kier molecular flexibility index (Phi) is 6.03. The van der Waals surface area contributed by atoms with Gasteiger partial charge in [-0.1, -0.05) is 6.07 Å². The summed E-state index contributed by atoms with van der Waals surface area (Å²) in [5, 5.41) is 2.78. The van der Waals surface area contributed by atoms with Crippen LogP contribution in [-0.4, -0.2) is 54.1 Å². The number of carbonyl (C=O) groups excluding carboxylic acids is 2. The highest BCUT2D eigenvalue weighted by atomic mass is 16.5. The summed E-state index contributed by atoms with van der Waals surface area (Å²) in [4.78, 5) is 30.9. The Bertz CT molecular complexity index is 799. The van der Waals surface area contributed by atoms with Gasteiger partial charge < -0.3 is 19.7 Å². The number of carbonyl (C=O) groups is 2. The van der Waals surface area contributed by atoms with Gasteiger partial charge in [-0.05, 0) is 50.2 Å². The summed E-state index contributed by atoms with van der Waals surface area (Å²) in [6.07, 6.45) is 0.0846. The smallest absolute Gasteiger partial charge is 0.274 e. The van der Waals surface area contributed by atoms with E-state index < -0.39 is 0 Å². The first kappa shape index (κ1) is 18.8. The zero-order valence-corrected chi connectivity index (χ0v) is 15.5. The number of nitrogens with zero attached hydrogens (tertiary/aromatic N) is 2. The fraction of sp³-hybridized carbons (Fsp3) is 0.350. The standard InChI is InChI=1S/C20H23N3O4/c1-14(2)27-16-8-6-15(7-9-16)21-19(24)17-4-3-5-18(22-17)20(25)23-10-12-26-13-11-23/h3-9,14H,10-13H2,1-2H3,(H,21,24). The monoisotopic (exact) mass is 369 g/mol. The summed E-state index contributed by atoms with van der Waals surface area (Å²) in [7, 11) is 0. The second-order valence-electron chi connectivity index (χ2n) is 6.46. The normalized spacial score (nSPS) is 14.1. The van der Waals surface area contributed by atoms with Crippen molar-refractivity contribution >= 4 is 17.5 Å². The van der Waals surface area contributed by atoms with Crippen LogP contribution in [0.4, 0.5) is 5.69 Å². The van der Waals surface area contributed by atoms with Gasteiger partial charge in [0.25, 0.3) is 11.8 Å². The summed E-state index contributed by atoms with van der Waals surface area (Å²) in [6.45, 7) is 5.99. The van der Waals surface area contributed by atoms with Crippen molar-refractivity contribution in [3.05, 3.63) is 53.9 Å². The average molecular weight is 369 g/mol. The summed E-state index contributed by atoms with van der Waals surface area (Å²) in [6, 6.07) is 12.0. The molecule has 1 aliphatic rings. The molecule has 0 unspecified atom stereocenters. The van der Waals surface area contributed by atoms with E-state index in [9.17, 15) is 9.59 Å². The van der Waals surface area contributed by atoms with Crippen LogP contribution >= 0.6 is 0 Å². The molecule has 0 atom stereocenters. The Labute approximate surface area is 158 Å². The van der Waals surface area contributed by atoms with Crippen molar-refractivity contribution in [3.63, 3.8) is 0 Å². The molecule has 27 heavy (non-hydrogen) atoms. The van der Waals surface area contributed by atoms with Gasteiger partial charge in [-0.25, -0.2) is 4.98 Å². The Morgan fingerprint density at radius 2 is 1.74 bits per heavy atom. The maximum absolute atomic E-state index is 12.5. The number of pyridine rings is 1. The molecule has 0 saturated carbocycles. The minimum absolute atomic E-state index is 0.0846. The summed E-state index contributed by atoms with van der Waals surface area (Å²) < 4.78 is 10.8. The third-order valence-corrected chi connectivity index (χ3v) is 3.98. The van der Waals surface area contributed by atoms with Crippen molar-refractivity contribution < 1.29 is 19.1 Å². The molecule has 1 aromatic carbocycles. The van der Waals surface area contributed by atoms with Gasteiger partial charge in [-0.15, -0.1) is 0 Å². The molecule has 7 heteroatoms. The fourth-order valence-electron chi connectivity index (χ4n) is 2.69. The summed E-state index contributed by atoms with van der Waals surface area (Å²) in [5.41, 5.74) is 1.07. The fourth-order valence-corrected chi connectivity index (χ4v) is 2.69. The number of nitrogens with one attached hydrogen (secondary N) is 1. The lowest BCUT2D eigenvalue weighted by atomic mass is 10.2. The lowest BCUT2D eigenvalue weighted by Crippen LogP contribution is -2.41. The molecule has 0 bridgehead atoms. The molecule has 0 spiro atoms. The van der Waals surface area contributed by atoms with Gasteiger partial charge in [0.1, 0.15) is 17.1 Å². The second-order valence-corrected chi connectivity index (χ2v) is 6.46. The van der Waals surface area contributed by atoms with Gasteiger partial charge in [0.05, 0.1) is 19.3 Å². The van der Waals surface area contributed by atoms with Crippen molar-refractivity contribution in [2.75, 3.05) is 31.6 Å². The Balaban J connectivity index is 1.67. The predicted octanol–water partition coefficient (Wildman–Crippen LogP) is 2.59. The van der Waals surface area contributed by atoms with Crippen LogP contribution in [-0.2, 0) is 4.74 Å². The van der Waals surface area contributed by atoms with Crippen LogP contribution < -0.4 is 10.1 Å². The molecule has 2 heterocycles. The maximum Gasteiger partial charge on any atom is 0.274 e. The van der Waals surface area contributed by atoms with E-state index in [0.29, 0.717) is 32.0 Å². The minimum atomic E-state index is -0.371. The number of morpholine rings is 1. The zero-order chi connectivity index (χ0) is 19.2.